The van der Waals surface area contributed by atoms with Crippen LogP contribution in [0, 0.1) is 6.92 Å². The Hall–Kier alpha value is -2.20. The Morgan fingerprint density at radius 3 is 2.62 bits per heavy atom. The van der Waals surface area contributed by atoms with Gasteiger partial charge in [0.2, 0.25) is 0 Å². The van der Waals surface area contributed by atoms with E-state index >= 15 is 0 Å². The Morgan fingerprint density at radius 2 is 1.90 bits per heavy atom. The fourth-order valence-electron chi connectivity index (χ4n) is 1.93. The van der Waals surface area contributed by atoms with Gasteiger partial charge < -0.3 is 4.74 Å². The minimum Gasteiger partial charge on any atom is -0.371 e. The van der Waals surface area contributed by atoms with E-state index in [0.29, 0.717) is 12.4 Å². The predicted octanol–water partition coefficient (Wildman–Crippen LogP) is 2.61. The van der Waals surface area contributed by atoms with Crippen molar-refractivity contribution < 1.29 is 9.53 Å². The third-order valence-electron chi connectivity index (χ3n) is 3.19. The number of nitrogens with zero attached hydrogens (tertiary/aromatic N) is 2. The van der Waals surface area contributed by atoms with E-state index in [4.69, 9.17) is 4.74 Å². The number of carbonyl (C=O) groups excluding carboxylic acids is 1. The van der Waals surface area contributed by atoms with Crippen LogP contribution in [-0.2, 0) is 16.0 Å². The van der Waals surface area contributed by atoms with Gasteiger partial charge in [-0.05, 0) is 31.0 Å². The van der Waals surface area contributed by atoms with Crippen molar-refractivity contribution in [2.45, 2.75) is 13.3 Å². The minimum absolute atomic E-state index is 0.0684. The van der Waals surface area contributed by atoms with Gasteiger partial charge in [0, 0.05) is 12.7 Å². The van der Waals surface area contributed by atoms with Crippen LogP contribution < -0.4 is 4.90 Å². The molecule has 0 fully saturated rings. The summed E-state index contributed by atoms with van der Waals surface area (Å²) in [5.74, 6) is 0.549. The number of aryl methyl sites for hydroxylation is 1. The first-order chi connectivity index (χ1) is 10.2. The van der Waals surface area contributed by atoms with Gasteiger partial charge in [-0.15, -0.1) is 0 Å². The standard InChI is InChI=1S/C17H20N2O2/c1-14-7-6-10-16(18-14)19(2)17(20)13-21-12-11-15-8-4-3-5-9-15/h3-10H,11-13H2,1-2H3. The SMILES string of the molecule is Cc1cccc(N(C)C(=O)COCCc2ccccc2)n1. The average Bonchev–Trinajstić information content (AvgIpc) is 2.51. The zero-order chi connectivity index (χ0) is 15.1. The summed E-state index contributed by atoms with van der Waals surface area (Å²) in [6, 6.07) is 15.7. The number of likely N-dealkylation sites (N-methyl/N-ethyl adjacent to an activating group) is 1. The molecule has 0 N–H and O–H groups in total. The monoisotopic (exact) mass is 284 g/mol. The summed E-state index contributed by atoms with van der Waals surface area (Å²) in [7, 11) is 1.71. The summed E-state index contributed by atoms with van der Waals surface area (Å²) in [5, 5.41) is 0. The second kappa shape index (κ2) is 7.55. The van der Waals surface area contributed by atoms with E-state index in [0.717, 1.165) is 12.1 Å². The molecule has 0 unspecified atom stereocenters. The van der Waals surface area contributed by atoms with Crippen LogP contribution in [0.3, 0.4) is 0 Å². The molecule has 21 heavy (non-hydrogen) atoms. The molecule has 2 rings (SSSR count). The second-order valence-corrected chi connectivity index (χ2v) is 4.88. The van der Waals surface area contributed by atoms with Gasteiger partial charge >= 0.3 is 0 Å². The summed E-state index contributed by atoms with van der Waals surface area (Å²) >= 11 is 0. The molecule has 0 spiro atoms. The number of hydrogen-bond donors (Lipinski definition) is 0. The fraction of sp³-hybridized carbons (Fsp3) is 0.294. The third-order valence-corrected chi connectivity index (χ3v) is 3.19. The topological polar surface area (TPSA) is 42.4 Å². The Balaban J connectivity index is 1.77. The lowest BCUT2D eigenvalue weighted by molar-refractivity contribution is -0.122. The molecule has 0 atom stereocenters. The van der Waals surface area contributed by atoms with E-state index in [-0.39, 0.29) is 12.5 Å². The Labute approximate surface area is 125 Å². The molecule has 0 bridgehead atoms. The maximum absolute atomic E-state index is 12.0. The molecule has 1 aromatic carbocycles. The van der Waals surface area contributed by atoms with Gasteiger partial charge in [-0.1, -0.05) is 36.4 Å². The van der Waals surface area contributed by atoms with Gasteiger partial charge in [-0.25, -0.2) is 4.98 Å². The number of hydrogen-bond acceptors (Lipinski definition) is 3. The first-order valence-corrected chi connectivity index (χ1v) is 6.98. The van der Waals surface area contributed by atoms with Crippen molar-refractivity contribution in [3.8, 4) is 0 Å². The van der Waals surface area contributed by atoms with Gasteiger partial charge in [0.15, 0.2) is 0 Å². The molecule has 0 aliphatic rings. The summed E-state index contributed by atoms with van der Waals surface area (Å²) < 4.78 is 5.45. The van der Waals surface area contributed by atoms with Crippen LogP contribution in [0.5, 0.6) is 0 Å². The van der Waals surface area contributed by atoms with Crippen LogP contribution in [-0.4, -0.2) is 31.2 Å². The normalized spacial score (nSPS) is 10.4. The summed E-state index contributed by atoms with van der Waals surface area (Å²) in [5.41, 5.74) is 2.09. The van der Waals surface area contributed by atoms with Crippen molar-refractivity contribution in [3.05, 3.63) is 59.8 Å². The quantitative estimate of drug-likeness (QED) is 0.766. The van der Waals surface area contributed by atoms with Crippen molar-refractivity contribution in [1.29, 1.82) is 0 Å². The minimum atomic E-state index is -0.0961. The van der Waals surface area contributed by atoms with Crippen molar-refractivity contribution in [3.63, 3.8) is 0 Å². The summed E-state index contributed by atoms with van der Waals surface area (Å²) in [6.07, 6.45) is 0.806. The van der Waals surface area contributed by atoms with Gasteiger partial charge in [0.1, 0.15) is 12.4 Å². The fourth-order valence-corrected chi connectivity index (χ4v) is 1.93. The van der Waals surface area contributed by atoms with E-state index in [1.54, 1.807) is 7.05 Å². The van der Waals surface area contributed by atoms with Gasteiger partial charge in [0.05, 0.1) is 6.61 Å². The summed E-state index contributed by atoms with van der Waals surface area (Å²) in [4.78, 5) is 17.9. The number of benzene rings is 1. The van der Waals surface area contributed by atoms with Gasteiger partial charge in [0.25, 0.3) is 5.91 Å². The number of aromatic nitrogens is 1. The van der Waals surface area contributed by atoms with Gasteiger partial charge in [-0.2, -0.15) is 0 Å². The smallest absolute Gasteiger partial charge is 0.253 e. The van der Waals surface area contributed by atoms with Gasteiger partial charge in [-0.3, -0.25) is 9.69 Å². The number of pyridine rings is 1. The van der Waals surface area contributed by atoms with Crippen LogP contribution >= 0.6 is 0 Å². The molecular formula is C17H20N2O2. The molecular weight excluding hydrogens is 264 g/mol. The number of ether oxygens (including phenoxy) is 1. The van der Waals surface area contributed by atoms with E-state index in [2.05, 4.69) is 4.98 Å². The average molecular weight is 284 g/mol. The zero-order valence-electron chi connectivity index (χ0n) is 12.5. The molecule has 1 amide bonds. The number of amides is 1. The Kier molecular flexibility index (Phi) is 5.46. The molecule has 4 nitrogen and oxygen atoms in total. The molecule has 0 radical (unpaired) electrons. The molecule has 0 saturated heterocycles. The van der Waals surface area contributed by atoms with Crippen molar-refractivity contribution in [2.75, 3.05) is 25.2 Å². The van der Waals surface area contributed by atoms with E-state index in [1.807, 2.05) is 55.5 Å². The number of carbonyl (C=O) groups is 1. The molecule has 1 aromatic heterocycles. The molecule has 1 heterocycles. The lowest BCUT2D eigenvalue weighted by Crippen LogP contribution is -2.31. The highest BCUT2D eigenvalue weighted by Gasteiger charge is 2.12. The Bertz CT molecular complexity index is 584. The lowest BCUT2D eigenvalue weighted by Gasteiger charge is -2.16. The maximum Gasteiger partial charge on any atom is 0.253 e. The molecule has 2 aromatic rings. The third kappa shape index (κ3) is 4.68. The molecule has 110 valence electrons. The highest BCUT2D eigenvalue weighted by molar-refractivity contribution is 5.92. The predicted molar refractivity (Wildman–Crippen MR) is 83.3 cm³/mol. The second-order valence-electron chi connectivity index (χ2n) is 4.88. The lowest BCUT2D eigenvalue weighted by atomic mass is 10.2. The highest BCUT2D eigenvalue weighted by atomic mass is 16.5. The van der Waals surface area contributed by atoms with Crippen LogP contribution in [0.4, 0.5) is 5.82 Å². The largest absolute Gasteiger partial charge is 0.371 e. The molecule has 0 aliphatic carbocycles. The maximum atomic E-state index is 12.0. The first-order valence-electron chi connectivity index (χ1n) is 6.98. The van der Waals surface area contributed by atoms with Crippen LogP contribution in [0.1, 0.15) is 11.3 Å². The molecule has 0 saturated carbocycles. The zero-order valence-corrected chi connectivity index (χ0v) is 12.5. The van der Waals surface area contributed by atoms with Crippen LogP contribution in [0.15, 0.2) is 48.5 Å². The van der Waals surface area contributed by atoms with E-state index < -0.39 is 0 Å². The molecule has 0 aliphatic heterocycles. The van der Waals surface area contributed by atoms with Crippen LogP contribution in [0.25, 0.3) is 0 Å². The van der Waals surface area contributed by atoms with Crippen molar-refractivity contribution in [1.82, 2.24) is 4.98 Å². The van der Waals surface area contributed by atoms with Crippen LogP contribution in [0.2, 0.25) is 0 Å². The van der Waals surface area contributed by atoms with E-state index in [1.165, 1.54) is 10.5 Å². The Morgan fingerprint density at radius 1 is 1.14 bits per heavy atom. The highest BCUT2D eigenvalue weighted by Crippen LogP contribution is 2.09. The summed E-state index contributed by atoms with van der Waals surface area (Å²) in [6.45, 7) is 2.50. The first kappa shape index (κ1) is 15.2. The van der Waals surface area contributed by atoms with Crippen molar-refractivity contribution in [2.24, 2.45) is 0 Å². The van der Waals surface area contributed by atoms with Crippen molar-refractivity contribution >= 4 is 11.7 Å². The van der Waals surface area contributed by atoms with E-state index in [9.17, 15) is 4.79 Å². The number of anilines is 1. The molecule has 4 heteroatoms. The number of rotatable bonds is 6.